The van der Waals surface area contributed by atoms with Crippen LogP contribution in [0, 0.1) is 0 Å². The Balaban J connectivity index is 1.96. The Hall–Kier alpha value is -4.21. The largest absolute Gasteiger partial charge is 0.404 e. The molecule has 0 fully saturated rings. The molecule has 3 aromatic rings. The van der Waals surface area contributed by atoms with E-state index in [0.717, 1.165) is 24.2 Å². The Morgan fingerprint density at radius 2 is 1.89 bits per heavy atom. The number of allylic oxidation sites excluding steroid dienone is 4. The molecule has 0 aliphatic carbocycles. The predicted octanol–water partition coefficient (Wildman–Crippen LogP) is 5.52. The molecule has 3 rings (SSSR count). The van der Waals surface area contributed by atoms with Crippen LogP contribution in [0.2, 0.25) is 0 Å². The molecule has 2 heterocycles. The van der Waals surface area contributed by atoms with Crippen molar-refractivity contribution in [2.45, 2.75) is 39.7 Å². The highest BCUT2D eigenvalue weighted by Gasteiger charge is 2.34. The van der Waals surface area contributed by atoms with Crippen LogP contribution in [-0.2, 0) is 13.0 Å². The number of benzene rings is 1. The quantitative estimate of drug-likeness (QED) is 0.285. The van der Waals surface area contributed by atoms with Crippen LogP contribution < -0.4 is 11.1 Å². The van der Waals surface area contributed by atoms with E-state index in [1.807, 2.05) is 25.1 Å². The van der Waals surface area contributed by atoms with Crippen LogP contribution in [0.5, 0.6) is 0 Å². The maximum atomic E-state index is 14.8. The molecular weight excluding hydrogens is 467 g/mol. The van der Waals surface area contributed by atoms with Crippen molar-refractivity contribution in [3.05, 3.63) is 96.3 Å². The summed E-state index contributed by atoms with van der Waals surface area (Å²) in [5.74, 6) is -3.93. The van der Waals surface area contributed by atoms with Crippen molar-refractivity contribution in [3.63, 3.8) is 0 Å². The maximum Gasteiger partial charge on any atom is 0.287 e. The lowest BCUT2D eigenvalue weighted by Gasteiger charge is -2.20. The number of nitrogens with two attached hydrogens (primary N) is 1. The van der Waals surface area contributed by atoms with Gasteiger partial charge in [0.2, 0.25) is 0 Å². The normalized spacial score (nSPS) is 13.8. The van der Waals surface area contributed by atoms with Gasteiger partial charge in [0.15, 0.2) is 0 Å². The summed E-state index contributed by atoms with van der Waals surface area (Å²) in [7, 11) is 0. The number of rotatable bonds is 10. The van der Waals surface area contributed by atoms with Gasteiger partial charge in [-0.2, -0.15) is 23.8 Å². The number of pyridine rings is 1. The summed E-state index contributed by atoms with van der Waals surface area (Å²) < 4.78 is 44.1. The summed E-state index contributed by atoms with van der Waals surface area (Å²) >= 11 is 0. The van der Waals surface area contributed by atoms with Crippen LogP contribution in [-0.4, -0.2) is 31.6 Å². The third kappa shape index (κ3) is 6.26. The van der Waals surface area contributed by atoms with Crippen molar-refractivity contribution in [2.24, 2.45) is 10.7 Å². The number of hydrogen-bond acceptors (Lipinski definition) is 6. The zero-order valence-electron chi connectivity index (χ0n) is 20.3. The van der Waals surface area contributed by atoms with Gasteiger partial charge >= 0.3 is 0 Å². The fourth-order valence-corrected chi connectivity index (χ4v) is 3.55. The summed E-state index contributed by atoms with van der Waals surface area (Å²) in [5.41, 5.74) is 6.47. The molecule has 188 valence electrons. The molecule has 0 unspecified atom stereocenters. The van der Waals surface area contributed by atoms with E-state index >= 15 is 0 Å². The number of halogens is 3. The SMILES string of the molecule is C=C(NC(/C=C(/F)Cn1nccn1)=C/C)C(=CN)C(=Nc1cnc(CC)c2ccccc12)C(C)(F)F. The first-order valence-electron chi connectivity index (χ1n) is 11.3. The number of hydrogen-bond donors (Lipinski definition) is 2. The first kappa shape index (κ1) is 26.4. The molecule has 1 aromatic carbocycles. The Kier molecular flexibility index (Phi) is 8.42. The first-order chi connectivity index (χ1) is 17.2. The Labute approximate surface area is 207 Å². The average Bonchev–Trinajstić information content (AvgIpc) is 3.35. The minimum atomic E-state index is -3.37. The fourth-order valence-electron chi connectivity index (χ4n) is 3.55. The van der Waals surface area contributed by atoms with Crippen molar-refractivity contribution in [3.8, 4) is 0 Å². The lowest BCUT2D eigenvalue weighted by Crippen LogP contribution is -2.30. The van der Waals surface area contributed by atoms with Crippen molar-refractivity contribution in [1.29, 1.82) is 0 Å². The number of nitrogens with one attached hydrogen (secondary N) is 1. The van der Waals surface area contributed by atoms with Crippen LogP contribution in [0.15, 0.2) is 95.6 Å². The van der Waals surface area contributed by atoms with Gasteiger partial charge in [0, 0.05) is 46.6 Å². The number of nitrogens with zero attached hydrogens (tertiary/aromatic N) is 5. The van der Waals surface area contributed by atoms with Gasteiger partial charge in [-0.05, 0) is 19.4 Å². The number of aromatic nitrogens is 4. The Bertz CT molecular complexity index is 1350. The molecule has 3 N–H and O–H groups in total. The molecule has 0 aliphatic rings. The summed E-state index contributed by atoms with van der Waals surface area (Å²) in [5, 5.41) is 12.1. The molecule has 0 saturated heterocycles. The van der Waals surface area contributed by atoms with Crippen molar-refractivity contribution < 1.29 is 13.2 Å². The summed E-state index contributed by atoms with van der Waals surface area (Å²) in [6, 6.07) is 7.35. The van der Waals surface area contributed by atoms with E-state index in [1.165, 1.54) is 29.5 Å². The van der Waals surface area contributed by atoms with Gasteiger partial charge in [-0.25, -0.2) is 9.38 Å². The maximum absolute atomic E-state index is 14.8. The van der Waals surface area contributed by atoms with E-state index in [-0.39, 0.29) is 29.2 Å². The van der Waals surface area contributed by atoms with E-state index < -0.39 is 17.5 Å². The molecule has 0 saturated carbocycles. The number of aryl methyl sites for hydroxylation is 1. The lowest BCUT2D eigenvalue weighted by molar-refractivity contribution is 0.101. The fraction of sp³-hybridized carbons (Fsp3) is 0.231. The van der Waals surface area contributed by atoms with Gasteiger partial charge in [0.1, 0.15) is 18.1 Å². The molecule has 10 heteroatoms. The van der Waals surface area contributed by atoms with Gasteiger partial charge in [-0.15, -0.1) is 0 Å². The highest BCUT2D eigenvalue weighted by molar-refractivity contribution is 6.10. The van der Waals surface area contributed by atoms with Crippen molar-refractivity contribution in [1.82, 2.24) is 25.3 Å². The summed E-state index contributed by atoms with van der Waals surface area (Å²) in [6.07, 6.45) is 8.79. The number of fused-ring (bicyclic) bond motifs is 1. The standard InChI is InChI=1S/C26H28F3N7/c1-5-19(13-18(27)16-36-32-11-12-33-36)34-17(3)22(14-30)25(26(4,28)29)35-24-15-31-23(6-2)20-9-7-8-10-21(20)24/h5,7-15,34H,3,6,16,30H2,1-2,4H3/b18-13+,19-5+,22-14?,35-25?. The van der Waals surface area contributed by atoms with Gasteiger partial charge in [-0.3, -0.25) is 4.98 Å². The summed E-state index contributed by atoms with van der Waals surface area (Å²) in [6.45, 7) is 8.02. The van der Waals surface area contributed by atoms with E-state index in [1.54, 1.807) is 19.1 Å². The van der Waals surface area contributed by atoms with E-state index in [4.69, 9.17) is 5.73 Å². The van der Waals surface area contributed by atoms with E-state index in [0.29, 0.717) is 11.8 Å². The second-order valence-corrected chi connectivity index (χ2v) is 7.92. The zero-order valence-corrected chi connectivity index (χ0v) is 20.3. The van der Waals surface area contributed by atoms with E-state index in [9.17, 15) is 13.2 Å². The monoisotopic (exact) mass is 495 g/mol. The third-order valence-corrected chi connectivity index (χ3v) is 5.26. The molecule has 0 radical (unpaired) electrons. The van der Waals surface area contributed by atoms with Crippen LogP contribution in [0.4, 0.5) is 18.9 Å². The first-order valence-corrected chi connectivity index (χ1v) is 11.3. The van der Waals surface area contributed by atoms with Gasteiger partial charge < -0.3 is 11.1 Å². The zero-order chi connectivity index (χ0) is 26.3. The molecule has 0 aliphatic heterocycles. The minimum absolute atomic E-state index is 0.0228. The van der Waals surface area contributed by atoms with Gasteiger partial charge in [0.05, 0.1) is 24.3 Å². The molecule has 0 bridgehead atoms. The van der Waals surface area contributed by atoms with Gasteiger partial charge in [-0.1, -0.05) is 43.8 Å². The van der Waals surface area contributed by atoms with Gasteiger partial charge in [0.25, 0.3) is 5.92 Å². The van der Waals surface area contributed by atoms with Crippen LogP contribution >= 0.6 is 0 Å². The highest BCUT2D eigenvalue weighted by atomic mass is 19.3. The highest BCUT2D eigenvalue weighted by Crippen LogP contribution is 2.32. The van der Waals surface area contributed by atoms with Crippen LogP contribution in [0.3, 0.4) is 0 Å². The predicted molar refractivity (Wildman–Crippen MR) is 136 cm³/mol. The lowest BCUT2D eigenvalue weighted by atomic mass is 10.0. The summed E-state index contributed by atoms with van der Waals surface area (Å²) in [4.78, 5) is 9.87. The molecule has 2 aromatic heterocycles. The van der Waals surface area contributed by atoms with Crippen molar-refractivity contribution in [2.75, 3.05) is 0 Å². The molecule has 0 spiro atoms. The molecule has 0 atom stereocenters. The van der Waals surface area contributed by atoms with Crippen LogP contribution in [0.25, 0.3) is 10.8 Å². The minimum Gasteiger partial charge on any atom is -0.404 e. The molecule has 36 heavy (non-hydrogen) atoms. The second-order valence-electron chi connectivity index (χ2n) is 7.92. The Morgan fingerprint density at radius 1 is 1.22 bits per heavy atom. The van der Waals surface area contributed by atoms with Crippen LogP contribution in [0.1, 0.15) is 26.5 Å². The topological polar surface area (TPSA) is 94.0 Å². The number of aliphatic imine (C=N–C) groups is 1. The average molecular weight is 496 g/mol. The second kappa shape index (κ2) is 11.5. The Morgan fingerprint density at radius 3 is 2.47 bits per heavy atom. The van der Waals surface area contributed by atoms with E-state index in [2.05, 4.69) is 32.1 Å². The molecule has 0 amide bonds. The number of alkyl halides is 2. The smallest absolute Gasteiger partial charge is 0.287 e. The van der Waals surface area contributed by atoms with Crippen molar-refractivity contribution >= 4 is 22.2 Å². The molecular formula is C26H28F3N7. The molecule has 7 nitrogen and oxygen atoms in total. The third-order valence-electron chi connectivity index (χ3n) is 5.26.